The zero-order valence-corrected chi connectivity index (χ0v) is 20.4. The molecule has 0 aliphatic carbocycles. The summed E-state index contributed by atoms with van der Waals surface area (Å²) in [6.45, 7) is 3.36. The quantitative estimate of drug-likeness (QED) is 0.411. The van der Waals surface area contributed by atoms with Crippen molar-refractivity contribution in [3.05, 3.63) is 48.0 Å². The van der Waals surface area contributed by atoms with Crippen LogP contribution < -0.4 is 15.1 Å². The summed E-state index contributed by atoms with van der Waals surface area (Å²) >= 11 is 0. The monoisotopic (exact) mass is 496 g/mol. The van der Waals surface area contributed by atoms with Gasteiger partial charge in [0.2, 0.25) is 5.95 Å². The zero-order valence-electron chi connectivity index (χ0n) is 19.6. The van der Waals surface area contributed by atoms with Crippen LogP contribution in [0.2, 0.25) is 0 Å². The number of halogens is 1. The highest BCUT2D eigenvalue weighted by Crippen LogP contribution is 2.31. The Morgan fingerprint density at radius 1 is 1.14 bits per heavy atom. The van der Waals surface area contributed by atoms with Gasteiger partial charge in [0.1, 0.15) is 11.6 Å². The van der Waals surface area contributed by atoms with Gasteiger partial charge in [0.05, 0.1) is 16.0 Å². The maximum absolute atomic E-state index is 14.1. The molecule has 10 nitrogen and oxygen atoms in total. The van der Waals surface area contributed by atoms with Crippen molar-refractivity contribution in [1.82, 2.24) is 25.1 Å². The van der Waals surface area contributed by atoms with Gasteiger partial charge >= 0.3 is 0 Å². The Labute approximate surface area is 202 Å². The highest BCUT2D eigenvalue weighted by atomic mass is 32.2. The molecule has 1 aliphatic heterocycles. The van der Waals surface area contributed by atoms with Crippen molar-refractivity contribution in [3.63, 3.8) is 0 Å². The lowest BCUT2D eigenvalue weighted by molar-refractivity contribution is 0.602. The van der Waals surface area contributed by atoms with Crippen molar-refractivity contribution in [2.75, 3.05) is 41.5 Å². The van der Waals surface area contributed by atoms with E-state index in [0.29, 0.717) is 28.4 Å². The second-order valence-corrected chi connectivity index (χ2v) is 10.6. The van der Waals surface area contributed by atoms with Crippen LogP contribution in [0.5, 0.6) is 0 Å². The van der Waals surface area contributed by atoms with Crippen LogP contribution in [-0.2, 0) is 9.84 Å². The summed E-state index contributed by atoms with van der Waals surface area (Å²) in [4.78, 5) is 17.1. The van der Waals surface area contributed by atoms with Gasteiger partial charge in [0.15, 0.2) is 21.3 Å². The van der Waals surface area contributed by atoms with Gasteiger partial charge in [0, 0.05) is 44.0 Å². The first-order valence-corrected chi connectivity index (χ1v) is 13.0. The van der Waals surface area contributed by atoms with Crippen LogP contribution >= 0.6 is 0 Å². The fourth-order valence-corrected chi connectivity index (χ4v) is 4.80. The Balaban J connectivity index is 1.47. The molecular formula is C23H25FN8O2S. The molecule has 0 unspecified atom stereocenters. The highest BCUT2D eigenvalue weighted by molar-refractivity contribution is 7.90. The van der Waals surface area contributed by atoms with Gasteiger partial charge in [-0.2, -0.15) is 10.1 Å². The van der Waals surface area contributed by atoms with Crippen molar-refractivity contribution >= 4 is 49.8 Å². The topological polar surface area (TPSA) is 120 Å². The number of nitrogens with one attached hydrogen (secondary N) is 2. The minimum absolute atomic E-state index is 0.227. The third-order valence-corrected chi connectivity index (χ3v) is 7.10. The minimum atomic E-state index is -3.41. The van der Waals surface area contributed by atoms with Crippen LogP contribution in [0.25, 0.3) is 11.0 Å². The van der Waals surface area contributed by atoms with E-state index >= 15 is 0 Å². The first-order chi connectivity index (χ1) is 16.7. The molecule has 5 rings (SSSR count). The number of anilines is 5. The number of aromatic amines is 1. The van der Waals surface area contributed by atoms with E-state index in [1.165, 1.54) is 12.3 Å². The summed E-state index contributed by atoms with van der Waals surface area (Å²) < 4.78 is 38.7. The summed E-state index contributed by atoms with van der Waals surface area (Å²) in [6, 6.07) is 8.27. The average molecular weight is 497 g/mol. The molecule has 4 aromatic rings. The number of H-pyrrole nitrogens is 1. The molecule has 35 heavy (non-hydrogen) atoms. The lowest BCUT2D eigenvalue weighted by atomic mass is 10.2. The third kappa shape index (κ3) is 4.61. The number of aryl methyl sites for hydroxylation is 1. The van der Waals surface area contributed by atoms with E-state index in [4.69, 9.17) is 0 Å². The molecule has 2 N–H and O–H groups in total. The molecule has 1 aliphatic rings. The van der Waals surface area contributed by atoms with Crippen molar-refractivity contribution < 1.29 is 12.8 Å². The van der Waals surface area contributed by atoms with Crippen LogP contribution in [0, 0.1) is 12.7 Å². The fraction of sp³-hybridized carbons (Fsp3) is 0.304. The van der Waals surface area contributed by atoms with E-state index in [9.17, 15) is 12.8 Å². The van der Waals surface area contributed by atoms with Gasteiger partial charge in [-0.25, -0.2) is 22.8 Å². The third-order valence-electron chi connectivity index (χ3n) is 6.01. The summed E-state index contributed by atoms with van der Waals surface area (Å²) in [5, 5.41) is 10.8. The van der Waals surface area contributed by atoms with Gasteiger partial charge in [0.25, 0.3) is 0 Å². The Bertz CT molecular complexity index is 1520. The minimum Gasteiger partial charge on any atom is -0.371 e. The normalized spacial score (nSPS) is 14.0. The number of pyridine rings is 1. The second-order valence-electron chi connectivity index (χ2n) is 8.60. The van der Waals surface area contributed by atoms with Gasteiger partial charge in [-0.1, -0.05) is 0 Å². The molecule has 0 atom stereocenters. The summed E-state index contributed by atoms with van der Waals surface area (Å²) in [7, 11) is -1.65. The van der Waals surface area contributed by atoms with Crippen LogP contribution in [0.4, 0.5) is 33.3 Å². The number of hydrogen-bond donors (Lipinski definition) is 2. The van der Waals surface area contributed by atoms with Crippen LogP contribution in [0.3, 0.4) is 0 Å². The zero-order chi connectivity index (χ0) is 24.7. The Morgan fingerprint density at radius 3 is 2.66 bits per heavy atom. The predicted molar refractivity (Wildman–Crippen MR) is 133 cm³/mol. The van der Waals surface area contributed by atoms with E-state index in [0.717, 1.165) is 31.6 Å². The molecular weight excluding hydrogens is 471 g/mol. The lowest BCUT2D eigenvalue weighted by Gasteiger charge is -2.20. The Kier molecular flexibility index (Phi) is 5.75. The number of sulfone groups is 1. The van der Waals surface area contributed by atoms with Crippen molar-refractivity contribution in [2.24, 2.45) is 0 Å². The number of aromatic nitrogens is 5. The van der Waals surface area contributed by atoms with Gasteiger partial charge < -0.3 is 15.1 Å². The second kappa shape index (κ2) is 8.77. The molecule has 182 valence electrons. The molecule has 1 saturated heterocycles. The first-order valence-electron chi connectivity index (χ1n) is 11.1. The largest absolute Gasteiger partial charge is 0.371 e. The van der Waals surface area contributed by atoms with Crippen molar-refractivity contribution in [1.29, 1.82) is 0 Å². The number of nitrogens with zero attached hydrogens (tertiary/aromatic N) is 6. The average Bonchev–Trinajstić information content (AvgIpc) is 3.49. The highest BCUT2D eigenvalue weighted by Gasteiger charge is 2.19. The number of benzene rings is 1. The fourth-order valence-electron chi connectivity index (χ4n) is 4.12. The molecule has 0 radical (unpaired) electrons. The Hall–Kier alpha value is -3.80. The van der Waals surface area contributed by atoms with E-state index in [1.807, 2.05) is 6.07 Å². The van der Waals surface area contributed by atoms with E-state index in [1.54, 1.807) is 43.3 Å². The van der Waals surface area contributed by atoms with Crippen LogP contribution in [0.15, 0.2) is 41.4 Å². The maximum Gasteiger partial charge on any atom is 0.229 e. The standard InChI is InChI=1S/C23H25FN8O2S/c1-14-19(24)13-18-21(26-14)29-30-22(18)31(2)20-6-7-25-23(28-20)27-15-10-16(32-8-4-5-9-32)12-17(11-15)35(3,33)34/h6-7,10-13H,4-5,8-9H2,1-3H3,(H,25,27,28)(H,26,29,30). The van der Waals surface area contributed by atoms with Gasteiger partial charge in [-0.3, -0.25) is 5.10 Å². The summed E-state index contributed by atoms with van der Waals surface area (Å²) in [6.07, 6.45) is 4.93. The Morgan fingerprint density at radius 2 is 1.91 bits per heavy atom. The molecule has 1 aromatic carbocycles. The van der Waals surface area contributed by atoms with Crippen LogP contribution in [-0.4, -0.2) is 60.0 Å². The number of rotatable bonds is 6. The summed E-state index contributed by atoms with van der Waals surface area (Å²) in [5.74, 6) is 0.841. The molecule has 12 heteroatoms. The lowest BCUT2D eigenvalue weighted by Crippen LogP contribution is -2.18. The van der Waals surface area contributed by atoms with Gasteiger partial charge in [-0.05, 0) is 50.1 Å². The molecule has 0 amide bonds. The predicted octanol–water partition coefficient (Wildman–Crippen LogP) is 3.71. The van der Waals surface area contributed by atoms with E-state index in [-0.39, 0.29) is 16.5 Å². The summed E-state index contributed by atoms with van der Waals surface area (Å²) in [5.41, 5.74) is 2.18. The van der Waals surface area contributed by atoms with Crippen molar-refractivity contribution in [3.8, 4) is 0 Å². The van der Waals surface area contributed by atoms with Crippen LogP contribution in [0.1, 0.15) is 18.5 Å². The van der Waals surface area contributed by atoms with Crippen molar-refractivity contribution in [2.45, 2.75) is 24.7 Å². The molecule has 0 spiro atoms. The maximum atomic E-state index is 14.1. The molecule has 3 aromatic heterocycles. The van der Waals surface area contributed by atoms with E-state index < -0.39 is 15.7 Å². The molecule has 4 heterocycles. The molecule has 0 saturated carbocycles. The number of hydrogen-bond acceptors (Lipinski definition) is 9. The first kappa shape index (κ1) is 23.0. The smallest absolute Gasteiger partial charge is 0.229 e. The molecule has 1 fully saturated rings. The number of fused-ring (bicyclic) bond motifs is 1. The molecule has 0 bridgehead atoms. The van der Waals surface area contributed by atoms with E-state index in [2.05, 4.69) is 35.4 Å². The SMILES string of the molecule is Cc1nc2[nH]nc(N(C)c3ccnc(Nc4cc(N5CCCC5)cc(S(C)(=O)=O)c4)n3)c2cc1F. The van der Waals surface area contributed by atoms with Gasteiger partial charge in [-0.15, -0.1) is 0 Å².